The van der Waals surface area contributed by atoms with Crippen LogP contribution in [0.25, 0.3) is 5.69 Å². The molecule has 0 unspecified atom stereocenters. The maximum absolute atomic E-state index is 12.6. The van der Waals surface area contributed by atoms with Gasteiger partial charge in [-0.15, -0.1) is 0 Å². The van der Waals surface area contributed by atoms with Gasteiger partial charge in [0.05, 0.1) is 17.7 Å². The minimum absolute atomic E-state index is 0.320. The van der Waals surface area contributed by atoms with Gasteiger partial charge < -0.3 is 14.6 Å². The van der Waals surface area contributed by atoms with Crippen LogP contribution < -0.4 is 5.32 Å². The minimum Gasteiger partial charge on any atom is -0.467 e. The van der Waals surface area contributed by atoms with E-state index in [1.54, 1.807) is 23.9 Å². The first-order valence-corrected chi connectivity index (χ1v) is 9.14. The SMILES string of the molecule is COC(=O)[C@@H](CCSC)NC(=O)c1cc(-n2cccc2)ccc1Cl. The molecule has 0 bridgehead atoms. The van der Waals surface area contributed by atoms with Crippen LogP contribution in [-0.4, -0.2) is 41.6 Å². The summed E-state index contributed by atoms with van der Waals surface area (Å²) in [5.41, 5.74) is 1.13. The number of nitrogens with zero attached hydrogens (tertiary/aromatic N) is 1. The van der Waals surface area contributed by atoms with Crippen LogP contribution in [0.2, 0.25) is 5.02 Å². The molecule has 0 saturated carbocycles. The molecule has 2 rings (SSSR count). The van der Waals surface area contributed by atoms with Crippen molar-refractivity contribution in [2.45, 2.75) is 12.5 Å². The summed E-state index contributed by atoms with van der Waals surface area (Å²) in [6.45, 7) is 0. The Labute approximate surface area is 150 Å². The molecule has 0 aliphatic carbocycles. The fourth-order valence-electron chi connectivity index (χ4n) is 2.22. The van der Waals surface area contributed by atoms with E-state index in [-0.39, 0.29) is 0 Å². The molecule has 1 N–H and O–H groups in total. The highest BCUT2D eigenvalue weighted by molar-refractivity contribution is 7.98. The van der Waals surface area contributed by atoms with Crippen LogP contribution in [0.5, 0.6) is 0 Å². The fraction of sp³-hybridized carbons (Fsp3) is 0.294. The number of nitrogens with one attached hydrogen (secondary N) is 1. The van der Waals surface area contributed by atoms with E-state index in [0.29, 0.717) is 17.0 Å². The average Bonchev–Trinajstić information content (AvgIpc) is 3.12. The molecule has 0 aliphatic heterocycles. The molecular formula is C17H19ClN2O3S. The molecule has 1 atom stereocenters. The monoisotopic (exact) mass is 366 g/mol. The number of esters is 1. The van der Waals surface area contributed by atoms with Gasteiger partial charge in [0.2, 0.25) is 0 Å². The Hall–Kier alpha value is -1.92. The number of halogens is 1. The van der Waals surface area contributed by atoms with Gasteiger partial charge in [-0.1, -0.05) is 11.6 Å². The molecule has 128 valence electrons. The first-order chi connectivity index (χ1) is 11.6. The fourth-order valence-corrected chi connectivity index (χ4v) is 2.89. The van der Waals surface area contributed by atoms with Crippen molar-refractivity contribution in [1.82, 2.24) is 9.88 Å². The van der Waals surface area contributed by atoms with Gasteiger partial charge in [0.15, 0.2) is 0 Å². The van der Waals surface area contributed by atoms with Crippen LogP contribution in [0.15, 0.2) is 42.7 Å². The average molecular weight is 367 g/mol. The number of benzene rings is 1. The summed E-state index contributed by atoms with van der Waals surface area (Å²) < 4.78 is 6.63. The highest BCUT2D eigenvalue weighted by Crippen LogP contribution is 2.20. The molecule has 0 fully saturated rings. The standard InChI is InChI=1S/C17H19ClN2O3S/c1-23-17(22)15(7-10-24-2)19-16(21)13-11-12(5-6-14(13)18)20-8-3-4-9-20/h3-6,8-9,11,15H,7,10H2,1-2H3,(H,19,21)/t15-/m1/s1. The van der Waals surface area contributed by atoms with E-state index in [4.69, 9.17) is 16.3 Å². The summed E-state index contributed by atoms with van der Waals surface area (Å²) >= 11 is 7.76. The van der Waals surface area contributed by atoms with Crippen molar-refractivity contribution in [2.24, 2.45) is 0 Å². The number of carbonyl (C=O) groups is 2. The predicted molar refractivity (Wildman–Crippen MR) is 97.0 cm³/mol. The van der Waals surface area contributed by atoms with Gasteiger partial charge in [-0.3, -0.25) is 4.79 Å². The number of amides is 1. The van der Waals surface area contributed by atoms with E-state index in [2.05, 4.69) is 5.32 Å². The highest BCUT2D eigenvalue weighted by Gasteiger charge is 2.23. The lowest BCUT2D eigenvalue weighted by Crippen LogP contribution is -2.42. The molecule has 24 heavy (non-hydrogen) atoms. The molecule has 7 heteroatoms. The van der Waals surface area contributed by atoms with Crippen LogP contribution in [0.1, 0.15) is 16.8 Å². The molecule has 1 aromatic heterocycles. The lowest BCUT2D eigenvalue weighted by molar-refractivity contribution is -0.142. The van der Waals surface area contributed by atoms with Gasteiger partial charge in [0.1, 0.15) is 6.04 Å². The molecule has 1 amide bonds. The van der Waals surface area contributed by atoms with Crippen molar-refractivity contribution in [3.8, 4) is 5.69 Å². The Balaban J connectivity index is 2.21. The summed E-state index contributed by atoms with van der Waals surface area (Å²) in [5.74, 6) is -0.127. The Morgan fingerprint density at radius 1 is 1.33 bits per heavy atom. The Morgan fingerprint density at radius 3 is 2.67 bits per heavy atom. The van der Waals surface area contributed by atoms with Gasteiger partial charge in [0.25, 0.3) is 5.91 Å². The third-order valence-corrected chi connectivity index (χ3v) is 4.47. The second-order valence-corrected chi connectivity index (χ2v) is 6.48. The quantitative estimate of drug-likeness (QED) is 0.765. The van der Waals surface area contributed by atoms with E-state index in [1.165, 1.54) is 7.11 Å². The highest BCUT2D eigenvalue weighted by atomic mass is 35.5. The van der Waals surface area contributed by atoms with Crippen molar-refractivity contribution in [2.75, 3.05) is 19.1 Å². The molecule has 0 spiro atoms. The summed E-state index contributed by atoms with van der Waals surface area (Å²) in [4.78, 5) is 24.4. The Bertz CT molecular complexity index is 704. The van der Waals surface area contributed by atoms with Crippen LogP contribution >= 0.6 is 23.4 Å². The topological polar surface area (TPSA) is 60.3 Å². The number of hydrogen-bond acceptors (Lipinski definition) is 4. The number of methoxy groups -OCH3 is 1. The summed E-state index contributed by atoms with van der Waals surface area (Å²) in [6, 6.07) is 8.28. The number of carbonyl (C=O) groups excluding carboxylic acids is 2. The van der Waals surface area contributed by atoms with E-state index < -0.39 is 17.9 Å². The van der Waals surface area contributed by atoms with Crippen LogP contribution in [0, 0.1) is 0 Å². The van der Waals surface area contributed by atoms with Crippen molar-refractivity contribution in [3.05, 3.63) is 53.3 Å². The van der Waals surface area contributed by atoms with Gasteiger partial charge in [-0.05, 0) is 48.8 Å². The molecular weight excluding hydrogens is 348 g/mol. The van der Waals surface area contributed by atoms with Crippen LogP contribution in [-0.2, 0) is 9.53 Å². The maximum atomic E-state index is 12.6. The Kier molecular flexibility index (Phi) is 6.75. The molecule has 5 nitrogen and oxygen atoms in total. The number of thioether (sulfide) groups is 1. The van der Waals surface area contributed by atoms with E-state index in [0.717, 1.165) is 11.4 Å². The van der Waals surface area contributed by atoms with E-state index in [1.807, 2.05) is 41.4 Å². The first-order valence-electron chi connectivity index (χ1n) is 7.37. The number of aromatic nitrogens is 1. The lowest BCUT2D eigenvalue weighted by atomic mass is 10.1. The van der Waals surface area contributed by atoms with Gasteiger partial charge in [-0.2, -0.15) is 11.8 Å². The van der Waals surface area contributed by atoms with Crippen molar-refractivity contribution in [3.63, 3.8) is 0 Å². The largest absolute Gasteiger partial charge is 0.467 e. The first kappa shape index (κ1) is 18.4. The molecule has 0 saturated heterocycles. The summed E-state index contributed by atoms with van der Waals surface area (Å²) in [6.07, 6.45) is 6.18. The zero-order valence-electron chi connectivity index (χ0n) is 13.5. The normalized spacial score (nSPS) is 11.8. The predicted octanol–water partition coefficient (Wildman–Crippen LogP) is 3.16. The maximum Gasteiger partial charge on any atom is 0.328 e. The smallest absolute Gasteiger partial charge is 0.328 e. The minimum atomic E-state index is -0.693. The summed E-state index contributed by atoms with van der Waals surface area (Å²) in [5, 5.41) is 3.04. The van der Waals surface area contributed by atoms with Crippen molar-refractivity contribution < 1.29 is 14.3 Å². The van der Waals surface area contributed by atoms with Crippen LogP contribution in [0.3, 0.4) is 0 Å². The Morgan fingerprint density at radius 2 is 2.04 bits per heavy atom. The third kappa shape index (κ3) is 4.55. The molecule has 1 aromatic carbocycles. The van der Waals surface area contributed by atoms with Gasteiger partial charge in [0, 0.05) is 18.1 Å². The zero-order valence-corrected chi connectivity index (χ0v) is 15.1. The van der Waals surface area contributed by atoms with Crippen LogP contribution in [0.4, 0.5) is 0 Å². The number of rotatable bonds is 7. The molecule has 1 heterocycles. The lowest BCUT2D eigenvalue weighted by Gasteiger charge is -2.17. The molecule has 0 radical (unpaired) electrons. The van der Waals surface area contributed by atoms with Crippen molar-refractivity contribution >= 4 is 35.2 Å². The summed E-state index contributed by atoms with van der Waals surface area (Å²) in [7, 11) is 1.31. The van der Waals surface area contributed by atoms with Crippen molar-refractivity contribution in [1.29, 1.82) is 0 Å². The second kappa shape index (κ2) is 8.80. The number of hydrogen-bond donors (Lipinski definition) is 1. The second-order valence-electron chi connectivity index (χ2n) is 5.09. The number of ether oxygens (including phenoxy) is 1. The van der Waals surface area contributed by atoms with Gasteiger partial charge in [-0.25, -0.2) is 4.79 Å². The molecule has 2 aromatic rings. The zero-order chi connectivity index (χ0) is 17.5. The third-order valence-electron chi connectivity index (χ3n) is 3.50. The van der Waals surface area contributed by atoms with E-state index in [9.17, 15) is 9.59 Å². The van der Waals surface area contributed by atoms with Gasteiger partial charge >= 0.3 is 5.97 Å². The molecule has 0 aliphatic rings. The van der Waals surface area contributed by atoms with E-state index >= 15 is 0 Å².